The van der Waals surface area contributed by atoms with Gasteiger partial charge in [0.1, 0.15) is 30.0 Å². The van der Waals surface area contributed by atoms with Crippen molar-refractivity contribution in [1.82, 2.24) is 0 Å². The molecule has 0 unspecified atom stereocenters. The van der Waals surface area contributed by atoms with Crippen molar-refractivity contribution in [3.63, 3.8) is 0 Å². The Labute approximate surface area is 215 Å². The lowest BCUT2D eigenvalue weighted by Crippen LogP contribution is -2.41. The number of aryl methyl sites for hydroxylation is 2. The molecule has 2 aromatic carbocycles. The highest BCUT2D eigenvalue weighted by Gasteiger charge is 2.36. The van der Waals surface area contributed by atoms with Crippen LogP contribution in [0.5, 0.6) is 0 Å². The van der Waals surface area contributed by atoms with Crippen LogP contribution < -0.4 is 9.80 Å². The van der Waals surface area contributed by atoms with Gasteiger partial charge in [-0.05, 0) is 38.1 Å². The molecule has 4 aromatic rings. The summed E-state index contributed by atoms with van der Waals surface area (Å²) in [5, 5.41) is 4.21. The van der Waals surface area contributed by atoms with Gasteiger partial charge in [-0.2, -0.15) is 0 Å². The minimum absolute atomic E-state index is 0.723. The van der Waals surface area contributed by atoms with E-state index in [-0.39, 0.29) is 0 Å². The highest BCUT2D eigenvalue weighted by molar-refractivity contribution is 7.83. The number of nitrogens with zero attached hydrogens (tertiary/aromatic N) is 2. The fraction of sp³-hybridized carbons (Fsp3) is 0.0833. The number of benzene rings is 2. The molecule has 0 saturated heterocycles. The van der Waals surface area contributed by atoms with E-state index in [4.69, 9.17) is 48.9 Å². The quantitative estimate of drug-likeness (QED) is 0.253. The fourth-order valence-corrected chi connectivity index (χ4v) is 7.90. The summed E-state index contributed by atoms with van der Waals surface area (Å²) in [6.45, 7) is 4.18. The molecule has 0 N–H and O–H groups in total. The first-order chi connectivity index (χ1) is 15.4. The molecule has 6 rings (SSSR count). The Morgan fingerprint density at radius 3 is 1.06 bits per heavy atom. The number of hydrogen-bond acceptors (Lipinski definition) is 6. The Balaban J connectivity index is 1.59. The monoisotopic (exact) mass is 522 g/mol. The second kappa shape index (κ2) is 7.28. The largest absolute Gasteiger partial charge is 0.281 e. The SMILES string of the molecule is Cc1ccc(N2C(=S)c3ccc4c5c(ccc(c35)C2=S)C(=S)N(c2ccc(C)s2)C4=S)s1. The second-order valence-corrected chi connectivity index (χ2v) is 11.8. The van der Waals surface area contributed by atoms with Crippen LogP contribution in [0.4, 0.5) is 10.0 Å². The Bertz CT molecular complexity index is 1350. The van der Waals surface area contributed by atoms with Gasteiger partial charge in [-0.3, -0.25) is 9.80 Å². The molecule has 0 spiro atoms. The highest BCUT2D eigenvalue weighted by Crippen LogP contribution is 2.42. The predicted molar refractivity (Wildman–Crippen MR) is 154 cm³/mol. The third-order valence-electron chi connectivity index (χ3n) is 5.79. The summed E-state index contributed by atoms with van der Waals surface area (Å²) >= 11 is 27.2. The summed E-state index contributed by atoms with van der Waals surface area (Å²) in [7, 11) is 0. The van der Waals surface area contributed by atoms with Crippen molar-refractivity contribution in [3.05, 3.63) is 80.5 Å². The van der Waals surface area contributed by atoms with E-state index in [1.807, 2.05) is 9.80 Å². The average Bonchev–Trinajstić information content (AvgIpc) is 3.39. The maximum absolute atomic E-state index is 5.96. The van der Waals surface area contributed by atoms with Gasteiger partial charge in [0.05, 0.1) is 0 Å². The second-order valence-electron chi connectivity index (χ2n) is 7.73. The van der Waals surface area contributed by atoms with Crippen LogP contribution in [0.3, 0.4) is 0 Å². The average molecular weight is 523 g/mol. The van der Waals surface area contributed by atoms with Gasteiger partial charge in [0.25, 0.3) is 0 Å². The maximum atomic E-state index is 5.96. The number of hydrogen-bond donors (Lipinski definition) is 0. The zero-order valence-corrected chi connectivity index (χ0v) is 21.9. The summed E-state index contributed by atoms with van der Waals surface area (Å²) in [5.41, 5.74) is 4.00. The van der Waals surface area contributed by atoms with Crippen LogP contribution in [0.15, 0.2) is 48.5 Å². The first kappa shape index (κ1) is 20.7. The number of thiocarbonyl (C=S) groups is 4. The topological polar surface area (TPSA) is 6.48 Å². The van der Waals surface area contributed by atoms with E-state index in [2.05, 4.69) is 62.4 Å². The summed E-state index contributed by atoms with van der Waals surface area (Å²) in [6, 6.07) is 16.7. The molecule has 2 aliphatic heterocycles. The summed E-state index contributed by atoms with van der Waals surface area (Å²) in [4.78, 5) is 9.37. The summed E-state index contributed by atoms with van der Waals surface area (Å²) in [6.07, 6.45) is 0. The van der Waals surface area contributed by atoms with Crippen LogP contribution in [0.2, 0.25) is 0 Å². The number of rotatable bonds is 2. The number of anilines is 2. The molecular weight excluding hydrogens is 509 g/mol. The molecule has 8 heteroatoms. The van der Waals surface area contributed by atoms with Crippen LogP contribution in [0.1, 0.15) is 32.0 Å². The van der Waals surface area contributed by atoms with Gasteiger partial charge in [-0.1, -0.05) is 73.1 Å². The van der Waals surface area contributed by atoms with E-state index < -0.39 is 0 Å². The van der Waals surface area contributed by atoms with Gasteiger partial charge in [0, 0.05) is 42.8 Å². The van der Waals surface area contributed by atoms with Gasteiger partial charge >= 0.3 is 0 Å². The lowest BCUT2D eigenvalue weighted by atomic mass is 9.87. The molecule has 4 heterocycles. The zero-order chi connectivity index (χ0) is 22.3. The molecule has 0 radical (unpaired) electrons. The van der Waals surface area contributed by atoms with Gasteiger partial charge in [-0.15, -0.1) is 22.7 Å². The molecule has 2 aliphatic rings. The minimum Gasteiger partial charge on any atom is -0.281 e. The molecule has 0 atom stereocenters. The van der Waals surface area contributed by atoms with Crippen LogP contribution in [0, 0.1) is 13.8 Å². The summed E-state index contributed by atoms with van der Waals surface area (Å²) in [5.74, 6) is 0. The maximum Gasteiger partial charge on any atom is 0.120 e. The van der Waals surface area contributed by atoms with Crippen LogP contribution in [-0.4, -0.2) is 20.0 Å². The van der Waals surface area contributed by atoms with Crippen molar-refractivity contribution in [2.45, 2.75) is 13.8 Å². The van der Waals surface area contributed by atoms with Crippen molar-refractivity contribution >= 4 is 112 Å². The van der Waals surface area contributed by atoms with Crippen molar-refractivity contribution in [3.8, 4) is 0 Å². The third kappa shape index (κ3) is 2.77. The van der Waals surface area contributed by atoms with E-state index in [0.717, 1.165) is 63.0 Å². The molecule has 2 nitrogen and oxygen atoms in total. The lowest BCUT2D eigenvalue weighted by molar-refractivity contribution is 1.45. The normalized spacial score (nSPS) is 15.3. The molecule has 0 aliphatic carbocycles. The zero-order valence-electron chi connectivity index (χ0n) is 17.0. The molecule has 0 fully saturated rings. The molecule has 0 bridgehead atoms. The van der Waals surface area contributed by atoms with Crippen molar-refractivity contribution in [1.29, 1.82) is 0 Å². The predicted octanol–water partition coefficient (Wildman–Crippen LogP) is 7.32. The van der Waals surface area contributed by atoms with E-state index in [9.17, 15) is 0 Å². The van der Waals surface area contributed by atoms with E-state index in [1.165, 1.54) is 9.75 Å². The van der Waals surface area contributed by atoms with Gasteiger partial charge in [-0.25, -0.2) is 0 Å². The van der Waals surface area contributed by atoms with Crippen molar-refractivity contribution in [2.24, 2.45) is 0 Å². The molecular formula is C24H14N2S6. The standard InChI is InChI=1S/C24H14N2S6/c1-11-3-9-17(31-11)25-21(27)13-5-7-15-20-16(8-6-14(19(13)20)22(25)28)24(30)26(23(15)29)18-10-4-12(2)32-18/h3-10H,1-2H3. The molecule has 2 aromatic heterocycles. The molecule has 0 saturated carbocycles. The Morgan fingerprint density at radius 1 is 0.500 bits per heavy atom. The van der Waals surface area contributed by atoms with Crippen LogP contribution >= 0.6 is 71.5 Å². The van der Waals surface area contributed by atoms with Crippen LogP contribution in [-0.2, 0) is 0 Å². The van der Waals surface area contributed by atoms with E-state index in [0.29, 0.717) is 0 Å². The Kier molecular flexibility index (Phi) is 4.70. The minimum atomic E-state index is 0.723. The summed E-state index contributed by atoms with van der Waals surface area (Å²) < 4.78 is 0. The lowest BCUT2D eigenvalue weighted by Gasteiger charge is -2.35. The highest BCUT2D eigenvalue weighted by atomic mass is 32.1. The smallest absolute Gasteiger partial charge is 0.120 e. The van der Waals surface area contributed by atoms with E-state index in [1.54, 1.807) is 22.7 Å². The Hall–Kier alpha value is -1.94. The fourth-order valence-electron chi connectivity index (χ4n) is 4.36. The number of thiophene rings is 2. The van der Waals surface area contributed by atoms with Gasteiger partial charge in [0.15, 0.2) is 0 Å². The molecule has 32 heavy (non-hydrogen) atoms. The van der Waals surface area contributed by atoms with Crippen LogP contribution in [0.25, 0.3) is 10.8 Å². The van der Waals surface area contributed by atoms with Crippen molar-refractivity contribution < 1.29 is 0 Å². The first-order valence-electron chi connectivity index (χ1n) is 9.87. The van der Waals surface area contributed by atoms with Gasteiger partial charge < -0.3 is 0 Å². The van der Waals surface area contributed by atoms with Crippen molar-refractivity contribution in [2.75, 3.05) is 9.80 Å². The Morgan fingerprint density at radius 2 is 0.812 bits per heavy atom. The van der Waals surface area contributed by atoms with Gasteiger partial charge in [0.2, 0.25) is 0 Å². The first-order valence-corrected chi connectivity index (χ1v) is 13.1. The van der Waals surface area contributed by atoms with E-state index >= 15 is 0 Å². The third-order valence-corrected chi connectivity index (χ3v) is 9.37. The molecule has 0 amide bonds. The molecule has 156 valence electrons.